The molecular weight excluding hydrogens is 554 g/mol. The van der Waals surface area contributed by atoms with E-state index in [1.165, 1.54) is 0 Å². The van der Waals surface area contributed by atoms with Crippen molar-refractivity contribution >= 4 is 15.6 Å². The second-order valence-corrected chi connectivity index (χ2v) is 11.0. The Hall–Kier alpha value is -1.38. The third-order valence-electron chi connectivity index (χ3n) is 5.45. The molecule has 0 aromatic carbocycles. The lowest BCUT2D eigenvalue weighted by molar-refractivity contribution is -0.256. The van der Waals surface area contributed by atoms with Crippen LogP contribution in [0.4, 0.5) is 0 Å². The molecule has 212 valence electrons. The Kier molecular flexibility index (Phi) is 9.61. The molecule has 37 heavy (non-hydrogen) atoms. The second kappa shape index (κ2) is 11.8. The van der Waals surface area contributed by atoms with Crippen molar-refractivity contribution in [2.24, 2.45) is 0 Å². The first-order chi connectivity index (χ1) is 17.2. The number of phosphoric ester groups is 2. The Labute approximate surface area is 206 Å². The summed E-state index contributed by atoms with van der Waals surface area (Å²) in [4.78, 5) is 48.9. The van der Waals surface area contributed by atoms with Gasteiger partial charge in [0.2, 0.25) is 0 Å². The average molecular weight is 578 g/mol. The Bertz CT molecular complexity index is 1140. The van der Waals surface area contributed by atoms with Crippen molar-refractivity contribution in [1.29, 1.82) is 0 Å². The summed E-state index contributed by atoms with van der Waals surface area (Å²) < 4.78 is 47.5. The van der Waals surface area contributed by atoms with Crippen LogP contribution in [0.15, 0.2) is 21.9 Å². The highest BCUT2D eigenvalue weighted by Gasteiger charge is 2.45. The zero-order valence-corrected chi connectivity index (χ0v) is 20.3. The molecule has 2 aliphatic rings. The second-order valence-electron chi connectivity index (χ2n) is 8.00. The first-order valence-electron chi connectivity index (χ1n) is 10.4. The van der Waals surface area contributed by atoms with E-state index in [1.807, 2.05) is 4.98 Å². The number of H-pyrrole nitrogens is 1. The standard InChI is InChI=1S/C16H26N2O17P2/c19-3-6-10(21)13(24)11(22)7(33-6)4-31-36(27,28)35-37(29,30)32-5-8-12(23)14(25)15(34-8)18-2-1-9(20)17-16(18)26/h1-2,6-8,10-15,19,21-25H,3-5H2,(H,27,28)(H,29,30)(H,17,20,26)/p-2/t6?,7-,8-,10+,11?,12?,13?,14?,15-/m1/s1. The molecule has 0 bridgehead atoms. The normalized spacial score (nSPS) is 37.7. The first-order valence-corrected chi connectivity index (χ1v) is 13.3. The average Bonchev–Trinajstić information content (AvgIpc) is 3.09. The molecule has 0 amide bonds. The van der Waals surface area contributed by atoms with E-state index in [0.717, 1.165) is 12.3 Å². The molecule has 11 atom stereocenters. The van der Waals surface area contributed by atoms with E-state index < -0.39 is 102 Å². The number of ether oxygens (including phenoxy) is 2. The number of aliphatic hydroxyl groups is 6. The fraction of sp³-hybridized carbons (Fsp3) is 0.750. The minimum atomic E-state index is -5.72. The van der Waals surface area contributed by atoms with Crippen LogP contribution >= 0.6 is 15.6 Å². The zero-order chi connectivity index (χ0) is 27.7. The molecule has 3 heterocycles. The van der Waals surface area contributed by atoms with Crippen molar-refractivity contribution in [3.8, 4) is 0 Å². The summed E-state index contributed by atoms with van der Waals surface area (Å²) in [6, 6.07) is 0.920. The van der Waals surface area contributed by atoms with Crippen molar-refractivity contribution in [2.75, 3.05) is 19.8 Å². The maximum Gasteiger partial charge on any atom is 0.330 e. The van der Waals surface area contributed by atoms with Gasteiger partial charge < -0.3 is 58.9 Å². The molecule has 2 aliphatic heterocycles. The van der Waals surface area contributed by atoms with Gasteiger partial charge in [0.15, 0.2) is 6.23 Å². The van der Waals surface area contributed by atoms with Crippen LogP contribution in [0.1, 0.15) is 6.23 Å². The number of aliphatic hydroxyl groups excluding tert-OH is 6. The third-order valence-corrected chi connectivity index (χ3v) is 7.98. The van der Waals surface area contributed by atoms with Crippen molar-refractivity contribution in [2.45, 2.75) is 55.1 Å². The van der Waals surface area contributed by atoms with Gasteiger partial charge in [-0.15, -0.1) is 0 Å². The molecule has 0 spiro atoms. The minimum absolute atomic E-state index is 0.710. The predicted octanol–water partition coefficient (Wildman–Crippen LogP) is -6.02. The Balaban J connectivity index is 1.56. The minimum Gasteiger partial charge on any atom is -0.756 e. The van der Waals surface area contributed by atoms with Crippen molar-refractivity contribution < 1.29 is 72.4 Å². The SMILES string of the molecule is O=c1ccn([C@@H]2O[C@H](COP(=O)([O-])OP(=O)([O-])OC[C@H]3OC(CO)[C@H](O)C(O)C3O)C(O)C2O)c(=O)[nH]1. The van der Waals surface area contributed by atoms with Crippen molar-refractivity contribution in [3.63, 3.8) is 0 Å². The van der Waals surface area contributed by atoms with Crippen LogP contribution in [-0.4, -0.2) is 109 Å². The Morgan fingerprint density at radius 1 is 0.865 bits per heavy atom. The van der Waals surface area contributed by atoms with Gasteiger partial charge in [0.05, 0.1) is 19.8 Å². The zero-order valence-electron chi connectivity index (χ0n) is 18.5. The highest BCUT2D eigenvalue weighted by molar-refractivity contribution is 7.59. The van der Waals surface area contributed by atoms with Crippen LogP contribution in [0.25, 0.3) is 0 Å². The summed E-state index contributed by atoms with van der Waals surface area (Å²) in [5.74, 6) is 0. The Morgan fingerprint density at radius 2 is 1.38 bits per heavy atom. The van der Waals surface area contributed by atoms with Crippen LogP contribution in [0, 0.1) is 0 Å². The van der Waals surface area contributed by atoms with Gasteiger partial charge in [-0.05, 0) is 0 Å². The number of phosphoric acid groups is 2. The van der Waals surface area contributed by atoms with E-state index in [4.69, 9.17) is 14.6 Å². The molecule has 1 aromatic rings. The molecular formula is C16H24N2O17P2-2. The van der Waals surface area contributed by atoms with Gasteiger partial charge >= 0.3 is 5.69 Å². The molecule has 2 saturated heterocycles. The Morgan fingerprint density at radius 3 is 1.92 bits per heavy atom. The van der Waals surface area contributed by atoms with Gasteiger partial charge in [0.1, 0.15) is 48.8 Å². The van der Waals surface area contributed by atoms with E-state index in [1.54, 1.807) is 0 Å². The fourth-order valence-corrected chi connectivity index (χ4v) is 5.56. The molecule has 0 saturated carbocycles. The molecule has 7 N–H and O–H groups in total. The summed E-state index contributed by atoms with van der Waals surface area (Å²) >= 11 is 0. The van der Waals surface area contributed by atoms with Crippen LogP contribution in [0.3, 0.4) is 0 Å². The number of rotatable bonds is 10. The van der Waals surface area contributed by atoms with E-state index in [2.05, 4.69) is 13.4 Å². The van der Waals surface area contributed by atoms with E-state index in [9.17, 15) is 54.0 Å². The molecule has 3 rings (SSSR count). The van der Waals surface area contributed by atoms with Gasteiger partial charge in [0, 0.05) is 12.3 Å². The molecule has 0 radical (unpaired) electrons. The summed E-state index contributed by atoms with van der Waals surface area (Å²) in [5.41, 5.74) is -1.76. The summed E-state index contributed by atoms with van der Waals surface area (Å²) in [6.07, 6.45) is -14.3. The number of hydrogen-bond acceptors (Lipinski definition) is 17. The van der Waals surface area contributed by atoms with Crippen LogP contribution in [0.2, 0.25) is 0 Å². The maximum absolute atomic E-state index is 12.0. The van der Waals surface area contributed by atoms with E-state index >= 15 is 0 Å². The topological polar surface area (TPSA) is 303 Å². The van der Waals surface area contributed by atoms with E-state index in [0.29, 0.717) is 4.57 Å². The van der Waals surface area contributed by atoms with Crippen molar-refractivity contribution in [1.82, 2.24) is 9.55 Å². The lowest BCUT2D eigenvalue weighted by Gasteiger charge is -2.40. The van der Waals surface area contributed by atoms with E-state index in [-0.39, 0.29) is 0 Å². The quantitative estimate of drug-likeness (QED) is 0.127. The van der Waals surface area contributed by atoms with Gasteiger partial charge in [-0.1, -0.05) is 0 Å². The number of nitrogens with zero attached hydrogens (tertiary/aromatic N) is 1. The highest BCUT2D eigenvalue weighted by Crippen LogP contribution is 2.56. The molecule has 0 aliphatic carbocycles. The highest BCUT2D eigenvalue weighted by atomic mass is 31.3. The van der Waals surface area contributed by atoms with Gasteiger partial charge in [-0.2, -0.15) is 0 Å². The lowest BCUT2D eigenvalue weighted by Crippen LogP contribution is -2.59. The number of nitrogens with one attached hydrogen (secondary N) is 1. The van der Waals surface area contributed by atoms with Gasteiger partial charge in [0.25, 0.3) is 21.2 Å². The van der Waals surface area contributed by atoms with Crippen LogP contribution < -0.4 is 21.0 Å². The number of hydrogen-bond donors (Lipinski definition) is 7. The fourth-order valence-electron chi connectivity index (χ4n) is 3.54. The summed E-state index contributed by atoms with van der Waals surface area (Å²) in [7, 11) is -11.4. The molecule has 7 unspecified atom stereocenters. The first kappa shape index (κ1) is 30.2. The molecule has 1 aromatic heterocycles. The lowest BCUT2D eigenvalue weighted by atomic mass is 9.95. The summed E-state index contributed by atoms with van der Waals surface area (Å²) in [6.45, 7) is -2.98. The molecule has 21 heteroatoms. The van der Waals surface area contributed by atoms with Crippen molar-refractivity contribution in [3.05, 3.63) is 33.1 Å². The van der Waals surface area contributed by atoms with Gasteiger partial charge in [-0.25, -0.2) is 9.11 Å². The van der Waals surface area contributed by atoms with Gasteiger partial charge in [-0.3, -0.25) is 23.5 Å². The largest absolute Gasteiger partial charge is 0.756 e. The maximum atomic E-state index is 12.0. The third kappa shape index (κ3) is 7.18. The van der Waals surface area contributed by atoms with Crippen LogP contribution in [0.5, 0.6) is 0 Å². The molecule has 2 fully saturated rings. The summed E-state index contributed by atoms with van der Waals surface area (Å²) in [5, 5.41) is 58.6. The smallest absolute Gasteiger partial charge is 0.330 e. The van der Waals surface area contributed by atoms with Crippen LogP contribution in [-0.2, 0) is 32.0 Å². The predicted molar refractivity (Wildman–Crippen MR) is 109 cm³/mol. The molecule has 19 nitrogen and oxygen atoms in total. The number of aromatic amines is 1. The number of aromatic nitrogens is 2. The monoisotopic (exact) mass is 578 g/mol.